The van der Waals surface area contributed by atoms with Crippen molar-refractivity contribution >= 4 is 34.9 Å². The lowest BCUT2D eigenvalue weighted by atomic mass is 10.0. The van der Waals surface area contributed by atoms with Gasteiger partial charge in [0.1, 0.15) is 11.4 Å². The summed E-state index contributed by atoms with van der Waals surface area (Å²) in [6, 6.07) is 7.91. The van der Waals surface area contributed by atoms with E-state index in [0.717, 1.165) is 70.9 Å². The van der Waals surface area contributed by atoms with Crippen LogP contribution in [0.25, 0.3) is 0 Å². The van der Waals surface area contributed by atoms with Gasteiger partial charge in [-0.05, 0) is 89.1 Å². The van der Waals surface area contributed by atoms with Crippen LogP contribution in [0.2, 0.25) is 0 Å². The minimum atomic E-state index is -0.617. The number of ether oxygens (including phenoxy) is 1. The number of rotatable bonds is 10. The molecule has 5 rings (SSSR count). The molecule has 1 saturated carbocycles. The summed E-state index contributed by atoms with van der Waals surface area (Å²) in [5.41, 5.74) is 6.76. The number of benzene rings is 1. The van der Waals surface area contributed by atoms with Crippen LogP contribution in [-0.4, -0.2) is 45.5 Å². The summed E-state index contributed by atoms with van der Waals surface area (Å²) >= 11 is 0. The van der Waals surface area contributed by atoms with Crippen molar-refractivity contribution in [2.45, 2.75) is 92.7 Å². The molecule has 0 unspecified atom stereocenters. The molecule has 45 heavy (non-hydrogen) atoms. The molecule has 9 nitrogen and oxygen atoms in total. The maximum Gasteiger partial charge on any atom is 0.414 e. The van der Waals surface area contributed by atoms with E-state index in [1.165, 1.54) is 0 Å². The van der Waals surface area contributed by atoms with Gasteiger partial charge in [0.2, 0.25) is 5.95 Å². The quantitative estimate of drug-likeness (QED) is 0.230. The van der Waals surface area contributed by atoms with Crippen LogP contribution >= 0.6 is 0 Å². The van der Waals surface area contributed by atoms with Gasteiger partial charge < -0.3 is 15.0 Å². The lowest BCUT2D eigenvalue weighted by Gasteiger charge is -2.34. The van der Waals surface area contributed by atoms with Crippen molar-refractivity contribution in [1.29, 1.82) is 0 Å². The molecule has 3 heterocycles. The summed E-state index contributed by atoms with van der Waals surface area (Å²) in [7, 11) is 0. The van der Waals surface area contributed by atoms with Crippen LogP contribution in [-0.2, 0) is 28.9 Å². The van der Waals surface area contributed by atoms with Crippen LogP contribution in [0.1, 0.15) is 83.4 Å². The van der Waals surface area contributed by atoms with E-state index in [9.17, 15) is 9.59 Å². The molecular weight excluding hydrogens is 564 g/mol. The zero-order valence-electron chi connectivity index (χ0n) is 27.9. The van der Waals surface area contributed by atoms with Gasteiger partial charge in [0.15, 0.2) is 0 Å². The number of hydrogen-bond donors (Lipinski definition) is 1. The smallest absolute Gasteiger partial charge is 0.414 e. The van der Waals surface area contributed by atoms with Crippen LogP contribution < -0.4 is 15.1 Å². The fourth-order valence-electron chi connectivity index (χ4n) is 5.46. The van der Waals surface area contributed by atoms with Crippen LogP contribution in [0.4, 0.5) is 27.8 Å². The Morgan fingerprint density at radius 1 is 1.18 bits per heavy atom. The molecule has 1 fully saturated rings. The number of fused-ring (bicyclic) bond motifs is 1. The second-order valence-corrected chi connectivity index (χ2v) is 12.5. The Kier molecular flexibility index (Phi) is 11.0. The number of aromatic nitrogens is 3. The predicted molar refractivity (Wildman–Crippen MR) is 184 cm³/mol. The predicted octanol–water partition coefficient (Wildman–Crippen LogP) is 7.91. The highest BCUT2D eigenvalue weighted by molar-refractivity contribution is 5.91. The van der Waals surface area contributed by atoms with Crippen molar-refractivity contribution in [2.75, 3.05) is 28.2 Å². The molecule has 1 aliphatic carbocycles. The molecular formula is C36H50N6O3. The van der Waals surface area contributed by atoms with Crippen molar-refractivity contribution in [2.24, 2.45) is 5.92 Å². The topological polar surface area (TPSA) is 101 Å². The Labute approximate surface area is 269 Å². The highest BCUT2D eigenvalue weighted by Crippen LogP contribution is 2.35. The Hall–Kier alpha value is -4.27. The van der Waals surface area contributed by atoms with Crippen molar-refractivity contribution in [3.63, 3.8) is 0 Å². The number of anilines is 4. The number of amides is 1. The van der Waals surface area contributed by atoms with E-state index >= 15 is 0 Å². The van der Waals surface area contributed by atoms with E-state index in [2.05, 4.69) is 21.8 Å². The molecule has 0 bridgehead atoms. The first-order valence-electron chi connectivity index (χ1n) is 16.1. The number of aryl methyl sites for hydroxylation is 1. The summed E-state index contributed by atoms with van der Waals surface area (Å²) < 4.78 is 5.77. The minimum absolute atomic E-state index is 0. The minimum Gasteiger partial charge on any atom is -0.443 e. The highest BCUT2D eigenvalue weighted by atomic mass is 16.6. The molecule has 1 aromatic carbocycles. The molecule has 3 aromatic rings. The van der Waals surface area contributed by atoms with E-state index in [1.807, 2.05) is 85.1 Å². The van der Waals surface area contributed by atoms with Crippen molar-refractivity contribution in [3.05, 3.63) is 77.4 Å². The van der Waals surface area contributed by atoms with Gasteiger partial charge in [-0.3, -0.25) is 14.7 Å². The summed E-state index contributed by atoms with van der Waals surface area (Å²) in [6.07, 6.45) is 9.12. The molecule has 1 N–H and O–H groups in total. The number of pyridine rings is 1. The standard InChI is InChI=1S/C34H42N6O3.C2H6.H2/c1-7-8-15-40(33(42)43-34(4,5)6)31-22(2)29(20-35-23(31)3)39-16-14-26-19-36-32(38-28(26)21-39)37-27-11-9-10-24(17-27)18-30(41)25-12-13-25;1-2;/h7,9-11,17,19-20,25H,1,8,12-16,18,21H2,2-6H3,(H,36,37,38);1-2H3;1H. The van der Waals surface area contributed by atoms with E-state index < -0.39 is 11.7 Å². The summed E-state index contributed by atoms with van der Waals surface area (Å²) in [5.74, 6) is 1.09. The van der Waals surface area contributed by atoms with Gasteiger partial charge in [0.25, 0.3) is 0 Å². The third kappa shape index (κ3) is 8.68. The molecule has 0 saturated heterocycles. The fraction of sp³-hybridized carbons (Fsp3) is 0.472. The summed E-state index contributed by atoms with van der Waals surface area (Å²) in [4.78, 5) is 43.7. The van der Waals surface area contributed by atoms with Gasteiger partial charge in [0.05, 0.1) is 35.5 Å². The highest BCUT2D eigenvalue weighted by Gasteiger charge is 2.30. The first-order chi connectivity index (χ1) is 21.5. The Balaban J connectivity index is 0.00000188. The van der Waals surface area contributed by atoms with Gasteiger partial charge in [-0.1, -0.05) is 32.1 Å². The molecule has 242 valence electrons. The number of nitrogens with zero attached hydrogens (tertiary/aromatic N) is 5. The Bertz CT molecular complexity index is 1530. The van der Waals surface area contributed by atoms with Crippen LogP contribution in [0.3, 0.4) is 0 Å². The Morgan fingerprint density at radius 2 is 1.93 bits per heavy atom. The number of carbonyl (C=O) groups is 2. The lowest BCUT2D eigenvalue weighted by Crippen LogP contribution is -2.39. The summed E-state index contributed by atoms with van der Waals surface area (Å²) in [6.45, 7) is 19.2. The normalized spacial score (nSPS) is 14.1. The number of hydrogen-bond acceptors (Lipinski definition) is 8. The molecule has 0 radical (unpaired) electrons. The van der Waals surface area contributed by atoms with Gasteiger partial charge in [-0.2, -0.15) is 0 Å². The van der Waals surface area contributed by atoms with Gasteiger partial charge in [0, 0.05) is 38.7 Å². The first-order valence-corrected chi connectivity index (χ1v) is 16.1. The SMILES string of the molecule is C=CCCN(C(=O)OC(C)(C)C)c1c(C)ncc(N2CCc3cnc(Nc4cccc(CC(=O)C5CC5)c4)nc3C2)c1C.CC.[HH]. The third-order valence-corrected chi connectivity index (χ3v) is 7.78. The fourth-order valence-corrected chi connectivity index (χ4v) is 5.46. The zero-order chi connectivity index (χ0) is 32.7. The van der Waals surface area contributed by atoms with Gasteiger partial charge >= 0.3 is 6.09 Å². The maximum absolute atomic E-state index is 13.3. The van der Waals surface area contributed by atoms with Crippen molar-refractivity contribution in [3.8, 4) is 0 Å². The van der Waals surface area contributed by atoms with Crippen LogP contribution in [0.5, 0.6) is 0 Å². The average Bonchev–Trinajstić information content (AvgIpc) is 3.85. The van der Waals surface area contributed by atoms with Crippen LogP contribution in [0, 0.1) is 19.8 Å². The zero-order valence-corrected chi connectivity index (χ0v) is 27.9. The largest absolute Gasteiger partial charge is 0.443 e. The maximum atomic E-state index is 13.3. The molecule has 9 heteroatoms. The average molecular weight is 615 g/mol. The number of nitrogens with one attached hydrogen (secondary N) is 1. The van der Waals surface area contributed by atoms with Crippen LogP contribution in [0.15, 0.2) is 49.3 Å². The summed E-state index contributed by atoms with van der Waals surface area (Å²) in [5, 5.41) is 3.33. The molecule has 0 spiro atoms. The van der Waals surface area contributed by atoms with E-state index in [1.54, 1.807) is 11.0 Å². The molecule has 1 amide bonds. The lowest BCUT2D eigenvalue weighted by molar-refractivity contribution is -0.119. The third-order valence-electron chi connectivity index (χ3n) is 7.78. The van der Waals surface area contributed by atoms with E-state index in [4.69, 9.17) is 14.7 Å². The molecule has 2 aliphatic rings. The first kappa shape index (κ1) is 33.6. The van der Waals surface area contributed by atoms with Crippen molar-refractivity contribution in [1.82, 2.24) is 15.0 Å². The molecule has 2 aromatic heterocycles. The second-order valence-electron chi connectivity index (χ2n) is 12.5. The molecule has 1 aliphatic heterocycles. The number of ketones is 1. The van der Waals surface area contributed by atoms with E-state index in [-0.39, 0.29) is 7.34 Å². The monoisotopic (exact) mass is 614 g/mol. The van der Waals surface area contributed by atoms with Crippen molar-refractivity contribution < 1.29 is 15.8 Å². The van der Waals surface area contributed by atoms with Gasteiger partial charge in [-0.25, -0.2) is 14.8 Å². The Morgan fingerprint density at radius 3 is 2.62 bits per heavy atom. The second kappa shape index (κ2) is 14.7. The number of carbonyl (C=O) groups excluding carboxylic acids is 2. The molecule has 0 atom stereocenters. The van der Waals surface area contributed by atoms with E-state index in [0.29, 0.717) is 37.7 Å². The number of Topliss-reactive ketones (excluding diaryl/α,β-unsaturated/α-hetero) is 1. The van der Waals surface area contributed by atoms with Gasteiger partial charge in [-0.15, -0.1) is 6.58 Å².